The molecule has 0 radical (unpaired) electrons. The molecule has 0 saturated heterocycles. The number of carbonyl (C=O) groups excluding carboxylic acids is 1. The van der Waals surface area contributed by atoms with Crippen LogP contribution in [0.4, 0.5) is 0 Å². The van der Waals surface area contributed by atoms with E-state index in [1.807, 2.05) is 24.3 Å². The van der Waals surface area contributed by atoms with E-state index in [4.69, 9.17) is 23.7 Å². The fraction of sp³-hybridized carbons (Fsp3) is 0.238. The Morgan fingerprint density at radius 2 is 1.61 bits per heavy atom. The molecule has 2 heterocycles. The predicted molar refractivity (Wildman–Crippen MR) is 102 cm³/mol. The van der Waals surface area contributed by atoms with E-state index in [-0.39, 0.29) is 0 Å². The van der Waals surface area contributed by atoms with Gasteiger partial charge < -0.3 is 23.7 Å². The van der Waals surface area contributed by atoms with Gasteiger partial charge in [0.2, 0.25) is 12.0 Å². The Kier molecular flexibility index (Phi) is 4.52. The van der Waals surface area contributed by atoms with E-state index < -0.39 is 12.3 Å². The van der Waals surface area contributed by atoms with Crippen molar-refractivity contribution in [1.29, 1.82) is 0 Å². The van der Waals surface area contributed by atoms with Crippen LogP contribution in [-0.2, 0) is 9.47 Å². The number of carbonyl (C=O) groups is 1. The van der Waals surface area contributed by atoms with E-state index >= 15 is 0 Å². The number of methoxy groups -OCH3 is 4. The maximum atomic E-state index is 12.7. The third-order valence-electron chi connectivity index (χ3n) is 4.73. The molecule has 0 N–H and O–H groups in total. The van der Waals surface area contributed by atoms with Crippen LogP contribution < -0.4 is 14.2 Å². The molecular formula is C21H19NO6. The Morgan fingerprint density at radius 1 is 0.929 bits per heavy atom. The fourth-order valence-corrected chi connectivity index (χ4v) is 3.51. The highest BCUT2D eigenvalue weighted by Gasteiger charge is 2.37. The number of ether oxygens (including phenoxy) is 5. The number of para-hydroxylation sites is 1. The van der Waals surface area contributed by atoms with Gasteiger partial charge in [-0.2, -0.15) is 0 Å². The summed E-state index contributed by atoms with van der Waals surface area (Å²) in [6, 6.07) is 11.2. The van der Waals surface area contributed by atoms with Gasteiger partial charge in [0.25, 0.3) is 0 Å². The van der Waals surface area contributed by atoms with E-state index in [1.54, 1.807) is 33.5 Å². The number of nitrogens with zero attached hydrogens (tertiary/aromatic N) is 1. The first-order chi connectivity index (χ1) is 13.6. The maximum absolute atomic E-state index is 12.7. The summed E-state index contributed by atoms with van der Waals surface area (Å²) in [7, 11) is 6.11. The number of cyclic esters (lactones) is 1. The van der Waals surface area contributed by atoms with Gasteiger partial charge in [0, 0.05) is 18.1 Å². The van der Waals surface area contributed by atoms with Crippen molar-refractivity contribution in [2.45, 2.75) is 6.29 Å². The van der Waals surface area contributed by atoms with E-state index in [0.717, 1.165) is 16.5 Å². The molecule has 7 heteroatoms. The lowest BCUT2D eigenvalue weighted by atomic mass is 9.94. The van der Waals surface area contributed by atoms with E-state index in [0.29, 0.717) is 34.1 Å². The van der Waals surface area contributed by atoms with Gasteiger partial charge in [0.1, 0.15) is 5.69 Å². The third kappa shape index (κ3) is 2.63. The molecule has 0 amide bonds. The number of pyridine rings is 1. The van der Waals surface area contributed by atoms with Gasteiger partial charge in [-0.1, -0.05) is 18.2 Å². The van der Waals surface area contributed by atoms with Crippen molar-refractivity contribution in [3.05, 3.63) is 47.7 Å². The summed E-state index contributed by atoms with van der Waals surface area (Å²) in [4.78, 5) is 17.3. The van der Waals surface area contributed by atoms with E-state index in [1.165, 1.54) is 7.11 Å². The van der Waals surface area contributed by atoms with Crippen molar-refractivity contribution in [1.82, 2.24) is 4.98 Å². The minimum atomic E-state index is -0.840. The quantitative estimate of drug-likeness (QED) is 0.623. The average Bonchev–Trinajstić information content (AvgIpc) is 3.06. The molecule has 144 valence electrons. The summed E-state index contributed by atoms with van der Waals surface area (Å²) >= 11 is 0. The van der Waals surface area contributed by atoms with Crippen LogP contribution in [-0.4, -0.2) is 39.4 Å². The lowest BCUT2D eigenvalue weighted by Crippen LogP contribution is -2.02. The van der Waals surface area contributed by atoms with Crippen LogP contribution in [0.25, 0.3) is 22.0 Å². The second-order valence-corrected chi connectivity index (χ2v) is 6.15. The lowest BCUT2D eigenvalue weighted by molar-refractivity contribution is -0.0835. The second-order valence-electron chi connectivity index (χ2n) is 6.15. The lowest BCUT2D eigenvalue weighted by Gasteiger charge is -2.16. The summed E-state index contributed by atoms with van der Waals surface area (Å²) in [5, 5.41) is 0.809. The molecule has 4 rings (SSSR count). The third-order valence-corrected chi connectivity index (χ3v) is 4.73. The van der Waals surface area contributed by atoms with Crippen molar-refractivity contribution in [3.8, 4) is 28.4 Å². The molecule has 0 fully saturated rings. The predicted octanol–water partition coefficient (Wildman–Crippen LogP) is 3.74. The van der Waals surface area contributed by atoms with Crippen LogP contribution in [0.15, 0.2) is 36.4 Å². The number of benzene rings is 2. The topological polar surface area (TPSA) is 76.1 Å². The zero-order chi connectivity index (χ0) is 19.8. The monoisotopic (exact) mass is 381 g/mol. The van der Waals surface area contributed by atoms with E-state index in [2.05, 4.69) is 4.98 Å². The molecule has 0 saturated carbocycles. The summed E-state index contributed by atoms with van der Waals surface area (Å²) < 4.78 is 27.0. The number of hydrogen-bond donors (Lipinski definition) is 0. The standard InChI is InChI=1S/C21H19NO6/c1-24-14-9-11(10-15(25-2)19(14)26-3)16-12-7-5-6-8-13(12)22-18-17(16)20(23)28-21(18)27-4/h5-10,21H,1-4H3. The van der Waals surface area contributed by atoms with Crippen molar-refractivity contribution in [2.24, 2.45) is 0 Å². The average molecular weight is 381 g/mol. The summed E-state index contributed by atoms with van der Waals surface area (Å²) in [6.45, 7) is 0. The van der Waals surface area contributed by atoms with Crippen LogP contribution >= 0.6 is 0 Å². The fourth-order valence-electron chi connectivity index (χ4n) is 3.51. The molecule has 3 aromatic rings. The van der Waals surface area contributed by atoms with Gasteiger partial charge in [-0.15, -0.1) is 0 Å². The number of hydrogen-bond acceptors (Lipinski definition) is 7. The highest BCUT2D eigenvalue weighted by molar-refractivity contribution is 6.09. The van der Waals surface area contributed by atoms with Crippen molar-refractivity contribution in [3.63, 3.8) is 0 Å². The molecule has 0 bridgehead atoms. The Balaban J connectivity index is 2.10. The van der Waals surface area contributed by atoms with Crippen molar-refractivity contribution < 1.29 is 28.5 Å². The van der Waals surface area contributed by atoms with Crippen molar-refractivity contribution >= 4 is 16.9 Å². The van der Waals surface area contributed by atoms with Gasteiger partial charge >= 0.3 is 5.97 Å². The molecule has 7 nitrogen and oxygen atoms in total. The highest BCUT2D eigenvalue weighted by Crippen LogP contribution is 2.46. The summed E-state index contributed by atoms with van der Waals surface area (Å²) in [5.41, 5.74) is 2.96. The largest absolute Gasteiger partial charge is 0.493 e. The SMILES string of the molecule is COc1cc(-c2c3c(nc4ccccc24)C(OC)OC3=O)cc(OC)c1OC. The number of aromatic nitrogens is 1. The first-order valence-electron chi connectivity index (χ1n) is 8.59. The molecule has 0 aliphatic carbocycles. The van der Waals surface area contributed by atoms with Crippen LogP contribution in [0.5, 0.6) is 17.2 Å². The molecule has 2 aromatic carbocycles. The smallest absolute Gasteiger partial charge is 0.343 e. The normalized spacial score (nSPS) is 15.3. The minimum absolute atomic E-state index is 0.375. The Hall–Kier alpha value is -3.32. The molecule has 1 aromatic heterocycles. The Labute approximate surface area is 161 Å². The van der Waals surface area contributed by atoms with Crippen LogP contribution in [0.1, 0.15) is 22.3 Å². The maximum Gasteiger partial charge on any atom is 0.343 e. The molecule has 1 unspecified atom stereocenters. The second kappa shape index (κ2) is 7.01. The molecule has 28 heavy (non-hydrogen) atoms. The molecule has 0 spiro atoms. The number of fused-ring (bicyclic) bond motifs is 2. The van der Waals surface area contributed by atoms with Gasteiger partial charge in [0.15, 0.2) is 11.5 Å². The Morgan fingerprint density at radius 3 is 2.21 bits per heavy atom. The minimum Gasteiger partial charge on any atom is -0.493 e. The van der Waals surface area contributed by atoms with E-state index in [9.17, 15) is 4.79 Å². The van der Waals surface area contributed by atoms with Crippen molar-refractivity contribution in [2.75, 3.05) is 28.4 Å². The van der Waals surface area contributed by atoms with Gasteiger partial charge in [-0.05, 0) is 23.8 Å². The Bertz CT molecular complexity index is 1050. The zero-order valence-electron chi connectivity index (χ0n) is 15.9. The molecule has 1 atom stereocenters. The molecular weight excluding hydrogens is 362 g/mol. The summed E-state index contributed by atoms with van der Waals surface area (Å²) in [6.07, 6.45) is -0.840. The summed E-state index contributed by atoms with van der Waals surface area (Å²) in [5.74, 6) is 0.965. The van der Waals surface area contributed by atoms with Crippen LogP contribution in [0.3, 0.4) is 0 Å². The van der Waals surface area contributed by atoms with Crippen LogP contribution in [0.2, 0.25) is 0 Å². The van der Waals surface area contributed by atoms with Crippen LogP contribution in [0, 0.1) is 0 Å². The van der Waals surface area contributed by atoms with Gasteiger partial charge in [-0.3, -0.25) is 0 Å². The highest BCUT2D eigenvalue weighted by atomic mass is 16.7. The molecule has 1 aliphatic heterocycles. The molecule has 1 aliphatic rings. The first kappa shape index (κ1) is 18.1. The van der Waals surface area contributed by atoms with Gasteiger partial charge in [-0.25, -0.2) is 9.78 Å². The number of esters is 1. The van der Waals surface area contributed by atoms with Gasteiger partial charge in [0.05, 0.1) is 32.4 Å². The zero-order valence-corrected chi connectivity index (χ0v) is 15.9. The number of rotatable bonds is 5. The first-order valence-corrected chi connectivity index (χ1v) is 8.59.